The van der Waals surface area contributed by atoms with Crippen LogP contribution >= 0.6 is 0 Å². The molecule has 2 heterocycles. The summed E-state index contributed by atoms with van der Waals surface area (Å²) in [4.78, 5) is 29.0. The Kier molecular flexibility index (Phi) is 7.18. The second kappa shape index (κ2) is 10.3. The van der Waals surface area contributed by atoms with Crippen LogP contribution < -0.4 is 4.90 Å². The molecular formula is C25H25F3N4O3. The minimum absolute atomic E-state index is 0.0180. The number of rotatable bonds is 6. The summed E-state index contributed by atoms with van der Waals surface area (Å²) in [7, 11) is 0. The van der Waals surface area contributed by atoms with Crippen molar-refractivity contribution in [2.24, 2.45) is 5.92 Å². The van der Waals surface area contributed by atoms with Gasteiger partial charge in [-0.1, -0.05) is 37.3 Å². The molecule has 0 radical (unpaired) electrons. The summed E-state index contributed by atoms with van der Waals surface area (Å²) in [6.45, 7) is 3.24. The van der Waals surface area contributed by atoms with E-state index in [1.165, 1.54) is 0 Å². The Hall–Kier alpha value is -3.69. The standard InChI is InChI=1S/C25H25F3N4O3/c1-2-21(33)31-14-12-19(13-15-31)23(34)32(20-6-4-3-5-7-20)16-17-8-10-18(11-9-17)22-29-30-24(35-22)25(26,27)28/h3-11,19H,2,12-16H2,1H3. The first-order chi connectivity index (χ1) is 16.8. The lowest BCUT2D eigenvalue weighted by Gasteiger charge is -2.34. The van der Waals surface area contributed by atoms with E-state index < -0.39 is 12.1 Å². The zero-order valence-electron chi connectivity index (χ0n) is 19.2. The number of anilines is 1. The summed E-state index contributed by atoms with van der Waals surface area (Å²) in [5.41, 5.74) is 1.89. The summed E-state index contributed by atoms with van der Waals surface area (Å²) >= 11 is 0. The fourth-order valence-corrected chi connectivity index (χ4v) is 4.11. The molecule has 1 aliphatic rings. The van der Waals surface area contributed by atoms with E-state index in [1.54, 1.807) is 34.1 Å². The molecule has 0 bridgehead atoms. The maximum atomic E-state index is 13.5. The number of hydrogen-bond acceptors (Lipinski definition) is 5. The second-order valence-corrected chi connectivity index (χ2v) is 8.38. The van der Waals surface area contributed by atoms with Crippen molar-refractivity contribution in [3.63, 3.8) is 0 Å². The number of carbonyl (C=O) groups is 2. The van der Waals surface area contributed by atoms with Crippen molar-refractivity contribution in [3.05, 3.63) is 66.1 Å². The molecule has 1 fully saturated rings. The third kappa shape index (κ3) is 5.70. The van der Waals surface area contributed by atoms with Crippen LogP contribution in [0.4, 0.5) is 18.9 Å². The summed E-state index contributed by atoms with van der Waals surface area (Å²) in [6.07, 6.45) is -3.05. The minimum Gasteiger partial charge on any atom is -0.413 e. The molecule has 10 heteroatoms. The number of likely N-dealkylation sites (tertiary alicyclic amines) is 1. The van der Waals surface area contributed by atoms with Gasteiger partial charge in [0.1, 0.15) is 0 Å². The number of para-hydroxylation sites is 1. The van der Waals surface area contributed by atoms with E-state index in [-0.39, 0.29) is 30.2 Å². The Morgan fingerprint density at radius 3 is 2.26 bits per heavy atom. The fourth-order valence-electron chi connectivity index (χ4n) is 4.11. The van der Waals surface area contributed by atoms with E-state index in [4.69, 9.17) is 4.42 Å². The SMILES string of the molecule is CCC(=O)N1CCC(C(=O)N(Cc2ccc(-c3nnc(C(F)(F)F)o3)cc2)c2ccccc2)CC1. The number of aromatic nitrogens is 2. The van der Waals surface area contributed by atoms with E-state index in [0.717, 1.165) is 11.3 Å². The molecule has 184 valence electrons. The van der Waals surface area contributed by atoms with Crippen LogP contribution in [0, 0.1) is 5.92 Å². The van der Waals surface area contributed by atoms with Gasteiger partial charge in [0.05, 0.1) is 6.54 Å². The smallest absolute Gasteiger partial charge is 0.413 e. The van der Waals surface area contributed by atoms with Crippen LogP contribution in [0.2, 0.25) is 0 Å². The average molecular weight is 486 g/mol. The van der Waals surface area contributed by atoms with Crippen LogP contribution in [-0.4, -0.2) is 40.0 Å². The Labute approximate surface area is 200 Å². The van der Waals surface area contributed by atoms with E-state index in [1.807, 2.05) is 37.3 Å². The topological polar surface area (TPSA) is 79.5 Å². The lowest BCUT2D eigenvalue weighted by atomic mass is 9.94. The average Bonchev–Trinajstić information content (AvgIpc) is 3.39. The molecule has 0 N–H and O–H groups in total. The van der Waals surface area contributed by atoms with Crippen molar-refractivity contribution >= 4 is 17.5 Å². The van der Waals surface area contributed by atoms with Gasteiger partial charge in [0, 0.05) is 36.7 Å². The third-order valence-corrected chi connectivity index (χ3v) is 6.04. The normalized spacial score (nSPS) is 14.7. The Balaban J connectivity index is 1.50. The number of halogens is 3. The zero-order valence-corrected chi connectivity index (χ0v) is 19.2. The predicted molar refractivity (Wildman–Crippen MR) is 122 cm³/mol. The highest BCUT2D eigenvalue weighted by Gasteiger charge is 2.38. The van der Waals surface area contributed by atoms with Crippen molar-refractivity contribution in [1.82, 2.24) is 15.1 Å². The molecule has 0 spiro atoms. The maximum absolute atomic E-state index is 13.5. The van der Waals surface area contributed by atoms with Crippen molar-refractivity contribution in [2.75, 3.05) is 18.0 Å². The van der Waals surface area contributed by atoms with Gasteiger partial charge < -0.3 is 14.2 Å². The summed E-state index contributed by atoms with van der Waals surface area (Å²) < 4.78 is 43.0. The zero-order chi connectivity index (χ0) is 25.0. The van der Waals surface area contributed by atoms with Crippen molar-refractivity contribution in [3.8, 4) is 11.5 Å². The van der Waals surface area contributed by atoms with Crippen LogP contribution in [-0.2, 0) is 22.3 Å². The molecule has 3 aromatic rings. The molecule has 1 aliphatic heterocycles. The van der Waals surface area contributed by atoms with E-state index in [9.17, 15) is 22.8 Å². The van der Waals surface area contributed by atoms with Crippen LogP contribution in [0.15, 0.2) is 59.0 Å². The second-order valence-electron chi connectivity index (χ2n) is 8.38. The Morgan fingerprint density at radius 1 is 1.03 bits per heavy atom. The number of carbonyl (C=O) groups excluding carboxylic acids is 2. The minimum atomic E-state index is -4.71. The number of piperidine rings is 1. The van der Waals surface area contributed by atoms with Crippen LogP contribution in [0.3, 0.4) is 0 Å². The van der Waals surface area contributed by atoms with Gasteiger partial charge in [-0.3, -0.25) is 9.59 Å². The number of alkyl halides is 3. The van der Waals surface area contributed by atoms with Crippen LogP contribution in [0.1, 0.15) is 37.6 Å². The molecular weight excluding hydrogens is 461 g/mol. The molecule has 1 aromatic heterocycles. The Bertz CT molecular complexity index is 1150. The molecule has 0 unspecified atom stereocenters. The largest absolute Gasteiger partial charge is 0.470 e. The number of nitrogens with zero attached hydrogens (tertiary/aromatic N) is 4. The monoisotopic (exact) mass is 486 g/mol. The maximum Gasteiger partial charge on any atom is 0.470 e. The van der Waals surface area contributed by atoms with Crippen LogP contribution in [0.5, 0.6) is 0 Å². The molecule has 0 saturated carbocycles. The van der Waals surface area contributed by atoms with E-state index >= 15 is 0 Å². The first-order valence-corrected chi connectivity index (χ1v) is 11.4. The molecule has 7 nitrogen and oxygen atoms in total. The molecule has 2 aromatic carbocycles. The number of benzene rings is 2. The van der Waals surface area contributed by atoms with Gasteiger partial charge in [0.15, 0.2) is 0 Å². The first kappa shape index (κ1) is 24.4. The highest BCUT2D eigenvalue weighted by Crippen LogP contribution is 2.31. The molecule has 35 heavy (non-hydrogen) atoms. The predicted octanol–water partition coefficient (Wildman–Crippen LogP) is 4.94. The summed E-state index contributed by atoms with van der Waals surface area (Å²) in [5, 5.41) is 6.53. The molecule has 0 atom stereocenters. The fraction of sp³-hybridized carbons (Fsp3) is 0.360. The van der Waals surface area contributed by atoms with Crippen LogP contribution in [0.25, 0.3) is 11.5 Å². The molecule has 4 rings (SSSR count). The highest BCUT2D eigenvalue weighted by molar-refractivity contribution is 5.95. The number of amides is 2. The lowest BCUT2D eigenvalue weighted by Crippen LogP contribution is -2.44. The van der Waals surface area contributed by atoms with Gasteiger partial charge in [0.2, 0.25) is 17.7 Å². The van der Waals surface area contributed by atoms with E-state index in [0.29, 0.717) is 37.9 Å². The van der Waals surface area contributed by atoms with Gasteiger partial charge in [-0.2, -0.15) is 13.2 Å². The Morgan fingerprint density at radius 2 is 1.69 bits per heavy atom. The van der Waals surface area contributed by atoms with Gasteiger partial charge >= 0.3 is 12.1 Å². The number of hydrogen-bond donors (Lipinski definition) is 0. The van der Waals surface area contributed by atoms with E-state index in [2.05, 4.69) is 10.2 Å². The van der Waals surface area contributed by atoms with Gasteiger partial charge in [-0.25, -0.2) is 0 Å². The molecule has 2 amide bonds. The highest BCUT2D eigenvalue weighted by atomic mass is 19.4. The van der Waals surface area contributed by atoms with Crippen molar-refractivity contribution in [1.29, 1.82) is 0 Å². The van der Waals surface area contributed by atoms with Gasteiger partial charge in [-0.15, -0.1) is 10.2 Å². The van der Waals surface area contributed by atoms with Crippen molar-refractivity contribution in [2.45, 2.75) is 38.9 Å². The van der Waals surface area contributed by atoms with Gasteiger partial charge in [-0.05, 0) is 42.7 Å². The summed E-state index contributed by atoms with van der Waals surface area (Å²) in [6, 6.07) is 15.9. The quantitative estimate of drug-likeness (QED) is 0.493. The summed E-state index contributed by atoms with van der Waals surface area (Å²) in [5.74, 6) is -1.75. The lowest BCUT2D eigenvalue weighted by molar-refractivity contribution is -0.157. The van der Waals surface area contributed by atoms with Gasteiger partial charge in [0.25, 0.3) is 0 Å². The third-order valence-electron chi connectivity index (χ3n) is 6.04. The first-order valence-electron chi connectivity index (χ1n) is 11.4. The van der Waals surface area contributed by atoms with Crippen molar-refractivity contribution < 1.29 is 27.2 Å². The molecule has 0 aliphatic carbocycles. The molecule has 1 saturated heterocycles.